The molecule has 0 spiro atoms. The number of guanidine groups is 1. The van der Waals surface area contributed by atoms with Gasteiger partial charge in [-0.2, -0.15) is 0 Å². The summed E-state index contributed by atoms with van der Waals surface area (Å²) in [4.78, 5) is 6.73. The molecule has 1 atom stereocenters. The highest BCUT2D eigenvalue weighted by atomic mass is 16.5. The molecule has 2 fully saturated rings. The van der Waals surface area contributed by atoms with Crippen molar-refractivity contribution in [3.05, 3.63) is 29.8 Å². The predicted molar refractivity (Wildman–Crippen MR) is 108 cm³/mol. The monoisotopic (exact) mass is 375 g/mol. The van der Waals surface area contributed by atoms with Crippen molar-refractivity contribution in [1.82, 2.24) is 10.2 Å². The molecule has 27 heavy (non-hydrogen) atoms. The maximum atomic E-state index is 5.65. The average Bonchev–Trinajstić information content (AvgIpc) is 3.22. The molecule has 2 saturated heterocycles. The fraction of sp³-hybridized carbons (Fsp3) is 0.667. The molecule has 2 heterocycles. The smallest absolute Gasteiger partial charge is 0.193 e. The van der Waals surface area contributed by atoms with Gasteiger partial charge < -0.3 is 24.4 Å². The van der Waals surface area contributed by atoms with E-state index in [9.17, 15) is 0 Å². The Morgan fingerprint density at radius 1 is 1.22 bits per heavy atom. The zero-order valence-electron chi connectivity index (χ0n) is 16.9. The van der Waals surface area contributed by atoms with Gasteiger partial charge in [0.15, 0.2) is 5.96 Å². The number of nitrogens with one attached hydrogen (secondary N) is 1. The summed E-state index contributed by atoms with van der Waals surface area (Å²) in [5.74, 6) is 2.43. The molecule has 0 aliphatic carbocycles. The van der Waals surface area contributed by atoms with Crippen molar-refractivity contribution in [3.63, 3.8) is 0 Å². The van der Waals surface area contributed by atoms with Gasteiger partial charge in [-0.3, -0.25) is 4.99 Å². The maximum Gasteiger partial charge on any atom is 0.193 e. The van der Waals surface area contributed by atoms with E-state index in [1.54, 1.807) is 7.11 Å². The highest BCUT2D eigenvalue weighted by Gasteiger charge is 2.35. The summed E-state index contributed by atoms with van der Waals surface area (Å²) in [5, 5.41) is 3.63. The van der Waals surface area contributed by atoms with Crippen LogP contribution >= 0.6 is 0 Å². The van der Waals surface area contributed by atoms with Crippen LogP contribution in [0.3, 0.4) is 0 Å². The lowest BCUT2D eigenvalue weighted by molar-refractivity contribution is 0.0511. The molecule has 0 radical (unpaired) electrons. The molecule has 1 aromatic rings. The molecular formula is C21H33N3O3. The van der Waals surface area contributed by atoms with E-state index in [-0.39, 0.29) is 5.41 Å². The van der Waals surface area contributed by atoms with Gasteiger partial charge in [0.2, 0.25) is 0 Å². The number of nitrogens with zero attached hydrogens (tertiary/aromatic N) is 2. The molecule has 150 valence electrons. The Morgan fingerprint density at radius 2 is 1.96 bits per heavy atom. The van der Waals surface area contributed by atoms with Crippen molar-refractivity contribution in [1.29, 1.82) is 0 Å². The standard InChI is InChI=1S/C21H33N3O3/c1-22-20(24(2)14-17-8-11-27-15-17)23-16-21(9-12-26-13-10-21)18-4-6-19(25-3)7-5-18/h4-7,17H,8-16H2,1-3H3,(H,22,23). The van der Waals surface area contributed by atoms with Crippen LogP contribution in [0.1, 0.15) is 24.8 Å². The second kappa shape index (κ2) is 9.42. The first-order chi connectivity index (χ1) is 13.2. The van der Waals surface area contributed by atoms with Crippen molar-refractivity contribution in [2.24, 2.45) is 10.9 Å². The minimum absolute atomic E-state index is 0.0533. The highest BCUT2D eigenvalue weighted by molar-refractivity contribution is 5.79. The third-order valence-corrected chi connectivity index (χ3v) is 5.87. The van der Waals surface area contributed by atoms with Crippen LogP contribution in [0.2, 0.25) is 0 Å². The molecular weight excluding hydrogens is 342 g/mol. The number of methoxy groups -OCH3 is 1. The number of aliphatic imine (C=N–C) groups is 1. The number of hydrogen-bond acceptors (Lipinski definition) is 4. The van der Waals surface area contributed by atoms with Crippen LogP contribution in [0.25, 0.3) is 0 Å². The fourth-order valence-corrected chi connectivity index (χ4v) is 4.11. The Balaban J connectivity index is 1.67. The number of hydrogen-bond donors (Lipinski definition) is 1. The van der Waals surface area contributed by atoms with Crippen molar-refractivity contribution >= 4 is 5.96 Å². The van der Waals surface area contributed by atoms with Crippen LogP contribution < -0.4 is 10.1 Å². The minimum atomic E-state index is 0.0533. The van der Waals surface area contributed by atoms with E-state index in [1.807, 2.05) is 19.2 Å². The number of rotatable bonds is 6. The summed E-state index contributed by atoms with van der Waals surface area (Å²) < 4.78 is 16.5. The van der Waals surface area contributed by atoms with E-state index < -0.39 is 0 Å². The zero-order valence-corrected chi connectivity index (χ0v) is 16.9. The molecule has 6 nitrogen and oxygen atoms in total. The number of ether oxygens (including phenoxy) is 3. The van der Waals surface area contributed by atoms with E-state index in [2.05, 4.69) is 34.4 Å². The van der Waals surface area contributed by atoms with Crippen LogP contribution in [-0.2, 0) is 14.9 Å². The van der Waals surface area contributed by atoms with Gasteiger partial charge in [-0.1, -0.05) is 12.1 Å². The van der Waals surface area contributed by atoms with Crippen molar-refractivity contribution in [2.75, 3.05) is 60.7 Å². The molecule has 2 aliphatic heterocycles. The van der Waals surface area contributed by atoms with Gasteiger partial charge in [-0.25, -0.2) is 0 Å². The quantitative estimate of drug-likeness (QED) is 0.611. The molecule has 6 heteroatoms. The molecule has 0 amide bonds. The van der Waals surface area contributed by atoms with Gasteiger partial charge in [0, 0.05) is 58.3 Å². The van der Waals surface area contributed by atoms with Gasteiger partial charge in [-0.15, -0.1) is 0 Å². The first-order valence-corrected chi connectivity index (χ1v) is 9.89. The van der Waals surface area contributed by atoms with Crippen molar-refractivity contribution < 1.29 is 14.2 Å². The topological polar surface area (TPSA) is 55.3 Å². The minimum Gasteiger partial charge on any atom is -0.497 e. The summed E-state index contributed by atoms with van der Waals surface area (Å²) in [6, 6.07) is 8.48. The van der Waals surface area contributed by atoms with E-state index >= 15 is 0 Å². The van der Waals surface area contributed by atoms with Gasteiger partial charge in [0.05, 0.1) is 13.7 Å². The van der Waals surface area contributed by atoms with E-state index in [4.69, 9.17) is 14.2 Å². The van der Waals surface area contributed by atoms with Gasteiger partial charge >= 0.3 is 0 Å². The second-order valence-electron chi connectivity index (χ2n) is 7.63. The third kappa shape index (κ3) is 4.93. The van der Waals surface area contributed by atoms with Gasteiger partial charge in [-0.05, 0) is 37.0 Å². The molecule has 2 aliphatic rings. The number of benzene rings is 1. The van der Waals surface area contributed by atoms with Crippen LogP contribution in [0.15, 0.2) is 29.3 Å². The van der Waals surface area contributed by atoms with E-state index in [0.717, 1.165) is 70.5 Å². The van der Waals surface area contributed by atoms with Crippen LogP contribution in [0.4, 0.5) is 0 Å². The molecule has 0 aromatic heterocycles. The largest absolute Gasteiger partial charge is 0.497 e. The lowest BCUT2D eigenvalue weighted by Crippen LogP contribution is -2.49. The van der Waals surface area contributed by atoms with Gasteiger partial charge in [0.1, 0.15) is 5.75 Å². The third-order valence-electron chi connectivity index (χ3n) is 5.87. The lowest BCUT2D eigenvalue weighted by Gasteiger charge is -2.39. The summed E-state index contributed by atoms with van der Waals surface area (Å²) in [6.07, 6.45) is 3.14. The Morgan fingerprint density at radius 3 is 2.56 bits per heavy atom. The maximum absolute atomic E-state index is 5.65. The summed E-state index contributed by atoms with van der Waals surface area (Å²) >= 11 is 0. The summed E-state index contributed by atoms with van der Waals surface area (Å²) in [6.45, 7) is 5.14. The van der Waals surface area contributed by atoms with Gasteiger partial charge in [0.25, 0.3) is 0 Å². The Labute approximate surface area is 162 Å². The summed E-state index contributed by atoms with van der Waals surface area (Å²) in [5.41, 5.74) is 1.39. The molecule has 1 aromatic carbocycles. The fourth-order valence-electron chi connectivity index (χ4n) is 4.11. The molecule has 0 saturated carbocycles. The first kappa shape index (κ1) is 20.0. The van der Waals surface area contributed by atoms with Crippen LogP contribution in [0, 0.1) is 5.92 Å². The molecule has 1 unspecified atom stereocenters. The highest BCUT2D eigenvalue weighted by Crippen LogP contribution is 2.35. The lowest BCUT2D eigenvalue weighted by atomic mass is 9.74. The molecule has 3 rings (SSSR count). The van der Waals surface area contributed by atoms with Crippen molar-refractivity contribution in [2.45, 2.75) is 24.7 Å². The normalized spacial score (nSPS) is 22.5. The SMILES string of the molecule is CN=C(NCC1(c2ccc(OC)cc2)CCOCC1)N(C)CC1CCOC1. The Bertz CT molecular complexity index is 606. The van der Waals surface area contributed by atoms with Crippen LogP contribution in [-0.4, -0.2) is 71.6 Å². The van der Waals surface area contributed by atoms with E-state index in [0.29, 0.717) is 5.92 Å². The van der Waals surface area contributed by atoms with Crippen molar-refractivity contribution in [3.8, 4) is 5.75 Å². The van der Waals surface area contributed by atoms with Crippen LogP contribution in [0.5, 0.6) is 5.75 Å². The Kier molecular flexibility index (Phi) is 6.96. The molecule has 1 N–H and O–H groups in total. The summed E-state index contributed by atoms with van der Waals surface area (Å²) in [7, 11) is 5.67. The zero-order chi connectivity index (χ0) is 19.1. The Hall–Kier alpha value is -1.79. The van der Waals surface area contributed by atoms with E-state index in [1.165, 1.54) is 5.56 Å². The predicted octanol–water partition coefficient (Wildman–Crippen LogP) is 2.29. The molecule has 0 bridgehead atoms. The first-order valence-electron chi connectivity index (χ1n) is 9.89. The average molecular weight is 376 g/mol. The second-order valence-corrected chi connectivity index (χ2v) is 7.63.